The smallest absolute Gasteiger partial charge is 0.373 e. The normalized spacial score (nSPS) is 13.2. The number of aromatic nitrogens is 4. The maximum Gasteiger partial charge on any atom is 0.373 e. The fourth-order valence-electron chi connectivity index (χ4n) is 5.84. The lowest BCUT2D eigenvalue weighted by Gasteiger charge is -2.14. The quantitative estimate of drug-likeness (QED) is 0.0983. The largest absolute Gasteiger partial charge is 0.477 e. The molecule has 52 heavy (non-hydrogen) atoms. The summed E-state index contributed by atoms with van der Waals surface area (Å²) in [7, 11) is 2.53. The van der Waals surface area contributed by atoms with Crippen LogP contribution in [-0.2, 0) is 19.1 Å². The Bertz CT molecular complexity index is 2300. The number of rotatable bonds is 10. The summed E-state index contributed by atoms with van der Waals surface area (Å²) < 4.78 is 22.6. The number of carboxylic acid groups (broad SMARTS) is 2. The van der Waals surface area contributed by atoms with E-state index in [0.29, 0.717) is 43.2 Å². The van der Waals surface area contributed by atoms with Gasteiger partial charge in [0.05, 0.1) is 42.8 Å². The number of hydrogen-bond acceptors (Lipinski definition) is 8. The van der Waals surface area contributed by atoms with E-state index in [9.17, 15) is 19.8 Å². The highest BCUT2D eigenvalue weighted by atomic mass is 79.9. The fraction of sp³-hybridized carbons (Fsp3) is 0.105. The average Bonchev–Trinajstić information content (AvgIpc) is 3.98. The number of fused-ring (bicyclic) bond motifs is 8. The first kappa shape index (κ1) is 34.9. The van der Waals surface area contributed by atoms with Crippen molar-refractivity contribution in [2.24, 2.45) is 0 Å². The van der Waals surface area contributed by atoms with Crippen LogP contribution in [0.4, 0.5) is 0 Å². The molecule has 0 spiro atoms. The Morgan fingerprint density at radius 3 is 1.37 bits per heavy atom. The van der Waals surface area contributed by atoms with E-state index in [1.807, 2.05) is 60.7 Å². The van der Waals surface area contributed by atoms with E-state index in [4.69, 9.17) is 28.9 Å². The number of halogens is 2. The molecular formula is C38H28Br2N4O8. The number of nitrogens with one attached hydrogen (secondary N) is 2. The number of methoxy groups -OCH3 is 2. The molecule has 2 unspecified atom stereocenters. The highest BCUT2D eigenvalue weighted by Crippen LogP contribution is 2.37. The first-order chi connectivity index (χ1) is 25.1. The fourth-order valence-corrected chi connectivity index (χ4v) is 6.74. The molecule has 262 valence electrons. The molecule has 12 nitrogen and oxygen atoms in total. The molecule has 0 saturated heterocycles. The molecule has 14 heteroatoms. The molecular weight excluding hydrogens is 800 g/mol. The summed E-state index contributed by atoms with van der Waals surface area (Å²) in [6, 6.07) is 21.9. The van der Waals surface area contributed by atoms with Crippen molar-refractivity contribution in [2.75, 3.05) is 14.2 Å². The number of aliphatic carboxylic acids is 2. The molecule has 2 aliphatic rings. The number of ether oxygens (including phenoxy) is 4. The van der Waals surface area contributed by atoms with E-state index in [0.717, 1.165) is 44.3 Å². The molecule has 0 saturated carbocycles. The summed E-state index contributed by atoms with van der Waals surface area (Å²) in [5.41, 5.74) is 8.57. The Labute approximate surface area is 312 Å². The Balaban J connectivity index is 1.47. The Kier molecular flexibility index (Phi) is 9.79. The van der Waals surface area contributed by atoms with Crippen molar-refractivity contribution in [1.82, 2.24) is 19.9 Å². The third-order valence-electron chi connectivity index (χ3n) is 8.19. The predicted molar refractivity (Wildman–Crippen MR) is 203 cm³/mol. The standard InChI is InChI=1S/C38H28Br2N4O8/c1-49-37(35(45)46)51-21-7-3-5-19(17-21)31-23-9-13-27(41-23)33(39)29-15-11-25(43-29)32(20-6-4-8-22(18-20)52-38(50-2)36(47)48)26-12-16-30(44-26)34(40)28-14-10-24(31)42-28/h3-18,37-38,41,44H,1-2H3,(H,45,46)(H,47,48). The van der Waals surface area contributed by atoms with Crippen molar-refractivity contribution < 1.29 is 38.7 Å². The second-order valence-corrected chi connectivity index (χ2v) is 13.1. The van der Waals surface area contributed by atoms with Crippen LogP contribution in [0, 0.1) is 0 Å². The van der Waals surface area contributed by atoms with Crippen LogP contribution in [0.2, 0.25) is 0 Å². The van der Waals surface area contributed by atoms with E-state index >= 15 is 0 Å². The second-order valence-electron chi connectivity index (χ2n) is 11.5. The number of carbonyl (C=O) groups is 2. The van der Waals surface area contributed by atoms with E-state index in [1.54, 1.807) is 36.4 Å². The lowest BCUT2D eigenvalue weighted by atomic mass is 10.0. The summed E-state index contributed by atoms with van der Waals surface area (Å²) in [5, 5.41) is 18.9. The van der Waals surface area contributed by atoms with Gasteiger partial charge in [0.15, 0.2) is 0 Å². The van der Waals surface area contributed by atoms with Crippen LogP contribution < -0.4 is 9.47 Å². The van der Waals surface area contributed by atoms with Gasteiger partial charge in [0.25, 0.3) is 12.6 Å². The number of carboxylic acids is 2. The van der Waals surface area contributed by atoms with Gasteiger partial charge in [-0.3, -0.25) is 0 Å². The monoisotopic (exact) mass is 826 g/mol. The topological polar surface area (TPSA) is 169 Å². The van der Waals surface area contributed by atoms with Gasteiger partial charge in [-0.25, -0.2) is 19.6 Å². The molecule has 4 N–H and O–H groups in total. The zero-order valence-electron chi connectivity index (χ0n) is 27.4. The van der Waals surface area contributed by atoms with Crippen LogP contribution in [0.15, 0.2) is 81.7 Å². The van der Waals surface area contributed by atoms with Gasteiger partial charge in [0.2, 0.25) is 0 Å². The van der Waals surface area contributed by atoms with Gasteiger partial charge in [-0.15, -0.1) is 0 Å². The van der Waals surface area contributed by atoms with Crippen LogP contribution in [0.1, 0.15) is 22.8 Å². The number of hydrogen-bond donors (Lipinski definition) is 4. The van der Waals surface area contributed by atoms with Gasteiger partial charge in [-0.05, 0) is 116 Å². The highest BCUT2D eigenvalue weighted by molar-refractivity contribution is 9.11. The minimum Gasteiger partial charge on any atom is -0.477 e. The van der Waals surface area contributed by atoms with Gasteiger partial charge in [0, 0.05) is 36.4 Å². The van der Waals surface area contributed by atoms with E-state index in [2.05, 4.69) is 41.8 Å². The first-order valence-electron chi connectivity index (χ1n) is 15.7. The molecule has 0 fully saturated rings. The van der Waals surface area contributed by atoms with Crippen LogP contribution in [0.3, 0.4) is 0 Å². The zero-order chi connectivity index (χ0) is 36.5. The summed E-state index contributed by atoms with van der Waals surface area (Å²) in [6.07, 6.45) is 4.68. The molecule has 2 atom stereocenters. The van der Waals surface area contributed by atoms with E-state index < -0.39 is 24.5 Å². The highest BCUT2D eigenvalue weighted by Gasteiger charge is 2.21. The minimum absolute atomic E-state index is 0.308. The number of aromatic amines is 2. The van der Waals surface area contributed by atoms with Gasteiger partial charge in [0.1, 0.15) is 11.5 Å². The molecule has 3 aromatic heterocycles. The first-order valence-corrected chi connectivity index (χ1v) is 17.2. The summed E-state index contributed by atoms with van der Waals surface area (Å²) in [6.45, 7) is 0. The van der Waals surface area contributed by atoms with Crippen LogP contribution in [0.25, 0.3) is 68.6 Å². The van der Waals surface area contributed by atoms with Gasteiger partial charge in [-0.2, -0.15) is 0 Å². The molecule has 0 aliphatic carbocycles. The maximum atomic E-state index is 11.6. The van der Waals surface area contributed by atoms with Crippen molar-refractivity contribution in [3.63, 3.8) is 0 Å². The third kappa shape index (κ3) is 6.88. The molecule has 7 rings (SSSR count). The summed E-state index contributed by atoms with van der Waals surface area (Å²) in [5.74, 6) is -1.88. The number of nitrogens with zero attached hydrogens (tertiary/aromatic N) is 2. The second kappa shape index (κ2) is 14.6. The van der Waals surface area contributed by atoms with Crippen LogP contribution in [-0.4, -0.2) is 68.9 Å². The molecule has 8 bridgehead atoms. The van der Waals surface area contributed by atoms with E-state index in [-0.39, 0.29) is 0 Å². The third-order valence-corrected chi connectivity index (χ3v) is 9.86. The van der Waals surface area contributed by atoms with Crippen molar-refractivity contribution in [1.29, 1.82) is 0 Å². The predicted octanol–water partition coefficient (Wildman–Crippen LogP) is 8.39. The summed E-state index contributed by atoms with van der Waals surface area (Å²) in [4.78, 5) is 40.2. The Hall–Kier alpha value is -5.54. The molecule has 2 aliphatic heterocycles. The minimum atomic E-state index is -1.48. The lowest BCUT2D eigenvalue weighted by molar-refractivity contribution is -0.167. The lowest BCUT2D eigenvalue weighted by Crippen LogP contribution is -2.28. The number of H-pyrrole nitrogens is 2. The van der Waals surface area contributed by atoms with Crippen molar-refractivity contribution in [3.05, 3.63) is 105 Å². The molecule has 5 aromatic rings. The SMILES string of the molecule is COC(Oc1cccc(-c2c3nc(c(Br)c4ccc([nH]4)c(-c4cccc(OC(OC)C(=O)O)c4)c4nc(c(Br)c5ccc2[nH]5)C=C4)C=C3)c1)C(=O)O. The molecule has 0 amide bonds. The van der Waals surface area contributed by atoms with Crippen LogP contribution in [0.5, 0.6) is 11.5 Å². The van der Waals surface area contributed by atoms with Crippen molar-refractivity contribution in [2.45, 2.75) is 12.6 Å². The maximum absolute atomic E-state index is 11.6. The van der Waals surface area contributed by atoms with Gasteiger partial charge >= 0.3 is 11.9 Å². The van der Waals surface area contributed by atoms with Crippen molar-refractivity contribution in [3.8, 4) is 33.8 Å². The molecule has 5 heterocycles. The summed E-state index contributed by atoms with van der Waals surface area (Å²) >= 11 is 7.54. The number of benzene rings is 2. The zero-order valence-corrected chi connectivity index (χ0v) is 30.6. The Morgan fingerprint density at radius 2 is 0.981 bits per heavy atom. The van der Waals surface area contributed by atoms with Crippen LogP contribution >= 0.6 is 31.9 Å². The Morgan fingerprint density at radius 1 is 0.596 bits per heavy atom. The van der Waals surface area contributed by atoms with E-state index in [1.165, 1.54) is 14.2 Å². The van der Waals surface area contributed by atoms with Gasteiger partial charge in [-0.1, -0.05) is 24.3 Å². The molecule has 2 aromatic carbocycles. The molecule has 0 radical (unpaired) electrons. The average molecular weight is 828 g/mol. The van der Waals surface area contributed by atoms with Crippen molar-refractivity contribution >= 4 is 90.2 Å². The van der Waals surface area contributed by atoms with Gasteiger partial charge < -0.3 is 39.1 Å².